The summed E-state index contributed by atoms with van der Waals surface area (Å²) in [4.78, 5) is 17.3. The van der Waals surface area contributed by atoms with Gasteiger partial charge in [0.15, 0.2) is 0 Å². The second kappa shape index (κ2) is 6.79. The first-order valence-electron chi connectivity index (χ1n) is 8.87. The minimum absolute atomic E-state index is 0.429. The van der Waals surface area contributed by atoms with Crippen LogP contribution >= 0.6 is 0 Å². The molecule has 0 saturated carbocycles. The highest BCUT2D eigenvalue weighted by atomic mass is 16.5. The molecule has 2 aromatic heterocycles. The van der Waals surface area contributed by atoms with Gasteiger partial charge in [0.05, 0.1) is 12.8 Å². The van der Waals surface area contributed by atoms with Crippen molar-refractivity contribution in [1.82, 2.24) is 14.3 Å². The van der Waals surface area contributed by atoms with E-state index in [1.807, 2.05) is 47.9 Å². The molecule has 0 aliphatic carbocycles. The summed E-state index contributed by atoms with van der Waals surface area (Å²) in [5, 5.41) is 9.11. The van der Waals surface area contributed by atoms with Crippen LogP contribution in [-0.2, 0) is 0 Å². The molecule has 1 aromatic carbocycles. The number of nitrogens with zero attached hydrogens (tertiary/aromatic N) is 3. The molecule has 0 radical (unpaired) electrons. The Morgan fingerprint density at radius 3 is 2.78 bits per heavy atom. The second-order valence-electron chi connectivity index (χ2n) is 6.68. The van der Waals surface area contributed by atoms with Crippen LogP contribution in [0.2, 0.25) is 0 Å². The predicted octanol–water partition coefficient (Wildman–Crippen LogP) is 4.09. The van der Waals surface area contributed by atoms with E-state index in [-0.39, 0.29) is 0 Å². The fraction of sp³-hybridized carbons (Fsp3) is 0.238. The van der Waals surface area contributed by atoms with E-state index in [1.54, 1.807) is 7.11 Å². The average molecular weight is 363 g/mol. The van der Waals surface area contributed by atoms with E-state index in [0.717, 1.165) is 33.8 Å². The van der Waals surface area contributed by atoms with Gasteiger partial charge in [-0.25, -0.2) is 9.78 Å². The number of methoxy groups -OCH3 is 1. The molecular weight excluding hydrogens is 342 g/mol. The van der Waals surface area contributed by atoms with Gasteiger partial charge >= 0.3 is 6.09 Å². The quantitative estimate of drug-likeness (QED) is 0.761. The summed E-state index contributed by atoms with van der Waals surface area (Å²) in [5.74, 6) is 0.794. The van der Waals surface area contributed by atoms with Crippen LogP contribution in [0.1, 0.15) is 17.5 Å². The van der Waals surface area contributed by atoms with Gasteiger partial charge < -0.3 is 19.1 Å². The monoisotopic (exact) mass is 363 g/mol. The first-order valence-corrected chi connectivity index (χ1v) is 8.87. The smallest absolute Gasteiger partial charge is 0.407 e. The second-order valence-corrected chi connectivity index (χ2v) is 6.68. The summed E-state index contributed by atoms with van der Waals surface area (Å²) in [6.45, 7) is 3.00. The summed E-state index contributed by atoms with van der Waals surface area (Å²) in [7, 11) is 1.66. The van der Waals surface area contributed by atoms with E-state index in [1.165, 1.54) is 10.5 Å². The number of hydrogen-bond acceptors (Lipinski definition) is 3. The van der Waals surface area contributed by atoms with Crippen molar-refractivity contribution in [1.29, 1.82) is 0 Å². The Balaban J connectivity index is 1.73. The first-order chi connectivity index (χ1) is 13.1. The van der Waals surface area contributed by atoms with E-state index in [0.29, 0.717) is 19.5 Å². The fourth-order valence-corrected chi connectivity index (χ4v) is 3.54. The summed E-state index contributed by atoms with van der Waals surface area (Å²) in [6.07, 6.45) is 5.92. The van der Waals surface area contributed by atoms with Crippen LogP contribution in [0.4, 0.5) is 4.79 Å². The van der Waals surface area contributed by atoms with Gasteiger partial charge in [-0.3, -0.25) is 0 Å². The Morgan fingerprint density at radius 1 is 1.26 bits per heavy atom. The highest BCUT2D eigenvalue weighted by Crippen LogP contribution is 2.31. The third kappa shape index (κ3) is 3.14. The Bertz CT molecular complexity index is 1050. The number of rotatable bonds is 3. The molecule has 1 N–H and O–H groups in total. The Hall–Kier alpha value is -3.28. The molecule has 0 spiro atoms. The van der Waals surface area contributed by atoms with Crippen molar-refractivity contribution in [2.24, 2.45) is 0 Å². The molecule has 1 aliphatic rings. The largest absolute Gasteiger partial charge is 0.496 e. The lowest BCUT2D eigenvalue weighted by Crippen LogP contribution is -2.33. The predicted molar refractivity (Wildman–Crippen MR) is 104 cm³/mol. The summed E-state index contributed by atoms with van der Waals surface area (Å²) < 4.78 is 7.50. The van der Waals surface area contributed by atoms with Crippen molar-refractivity contribution in [3.63, 3.8) is 0 Å². The molecule has 3 aromatic rings. The molecule has 4 rings (SSSR count). The molecule has 0 bridgehead atoms. The third-order valence-corrected chi connectivity index (χ3v) is 4.97. The van der Waals surface area contributed by atoms with Crippen LogP contribution in [0.25, 0.3) is 22.5 Å². The standard InChI is InChI=1S/C21H21N3O3/c1-14-11-16(15-7-9-23(10-8-15)21(25)26)12-24-13-18(22-20(14)24)17-5-3-4-6-19(17)27-2/h3-7,11-13H,8-10H2,1-2H3,(H,25,26). The van der Waals surface area contributed by atoms with Crippen LogP contribution < -0.4 is 4.74 Å². The molecule has 0 atom stereocenters. The Labute approximate surface area is 157 Å². The minimum atomic E-state index is -0.868. The van der Waals surface area contributed by atoms with Gasteiger partial charge in [-0.15, -0.1) is 0 Å². The van der Waals surface area contributed by atoms with E-state index in [4.69, 9.17) is 14.8 Å². The Kier molecular flexibility index (Phi) is 4.32. The van der Waals surface area contributed by atoms with E-state index in [9.17, 15) is 4.79 Å². The topological polar surface area (TPSA) is 67.1 Å². The number of hydrogen-bond donors (Lipinski definition) is 1. The zero-order valence-corrected chi connectivity index (χ0v) is 15.3. The number of benzene rings is 1. The number of para-hydroxylation sites is 1. The minimum Gasteiger partial charge on any atom is -0.496 e. The van der Waals surface area contributed by atoms with Crippen molar-refractivity contribution in [2.75, 3.05) is 20.2 Å². The summed E-state index contributed by atoms with van der Waals surface area (Å²) in [6, 6.07) is 9.97. The van der Waals surface area contributed by atoms with Crippen LogP contribution in [0.15, 0.2) is 48.8 Å². The van der Waals surface area contributed by atoms with Gasteiger partial charge in [-0.1, -0.05) is 18.2 Å². The fourth-order valence-electron chi connectivity index (χ4n) is 3.54. The maximum Gasteiger partial charge on any atom is 0.407 e. The molecule has 1 amide bonds. The van der Waals surface area contributed by atoms with E-state index >= 15 is 0 Å². The van der Waals surface area contributed by atoms with Crippen molar-refractivity contribution < 1.29 is 14.6 Å². The van der Waals surface area contributed by atoms with E-state index in [2.05, 4.69) is 12.3 Å². The molecule has 3 heterocycles. The van der Waals surface area contributed by atoms with Crippen molar-refractivity contribution in [3.8, 4) is 17.0 Å². The van der Waals surface area contributed by atoms with Crippen molar-refractivity contribution >= 4 is 17.3 Å². The van der Waals surface area contributed by atoms with E-state index < -0.39 is 6.09 Å². The number of carbonyl (C=O) groups is 1. The number of pyridine rings is 1. The van der Waals surface area contributed by atoms with Gasteiger partial charge in [0.1, 0.15) is 11.4 Å². The number of ether oxygens (including phenoxy) is 1. The van der Waals surface area contributed by atoms with Gasteiger partial charge in [-0.05, 0) is 48.2 Å². The number of fused-ring (bicyclic) bond motifs is 1. The van der Waals surface area contributed by atoms with Gasteiger partial charge in [-0.2, -0.15) is 0 Å². The molecule has 27 heavy (non-hydrogen) atoms. The molecular formula is C21H21N3O3. The van der Waals surface area contributed by atoms with Crippen LogP contribution in [0, 0.1) is 6.92 Å². The normalized spacial score (nSPS) is 14.3. The molecule has 6 heteroatoms. The Morgan fingerprint density at radius 2 is 2.07 bits per heavy atom. The van der Waals surface area contributed by atoms with Crippen LogP contribution in [0.5, 0.6) is 5.75 Å². The number of aromatic nitrogens is 2. The number of aryl methyl sites for hydroxylation is 1. The number of amides is 1. The summed E-state index contributed by atoms with van der Waals surface area (Å²) >= 11 is 0. The summed E-state index contributed by atoms with van der Waals surface area (Å²) in [5.41, 5.74) is 6.08. The number of imidazole rings is 1. The van der Waals surface area contributed by atoms with Crippen LogP contribution in [0.3, 0.4) is 0 Å². The van der Waals surface area contributed by atoms with Crippen LogP contribution in [-0.4, -0.2) is 45.7 Å². The lowest BCUT2D eigenvalue weighted by molar-refractivity contribution is 0.150. The lowest BCUT2D eigenvalue weighted by atomic mass is 10.00. The SMILES string of the molecule is COc1ccccc1-c1cn2cc(C3=CCN(C(=O)O)CC3)cc(C)c2n1. The zero-order chi connectivity index (χ0) is 19.0. The zero-order valence-electron chi connectivity index (χ0n) is 15.3. The average Bonchev–Trinajstić information content (AvgIpc) is 3.12. The van der Waals surface area contributed by atoms with Crippen molar-refractivity contribution in [3.05, 3.63) is 59.9 Å². The van der Waals surface area contributed by atoms with Gasteiger partial charge in [0.25, 0.3) is 0 Å². The molecule has 138 valence electrons. The lowest BCUT2D eigenvalue weighted by Gasteiger charge is -2.24. The van der Waals surface area contributed by atoms with Gasteiger partial charge in [0.2, 0.25) is 0 Å². The molecule has 6 nitrogen and oxygen atoms in total. The first kappa shape index (κ1) is 17.1. The highest BCUT2D eigenvalue weighted by Gasteiger charge is 2.18. The molecule has 0 fully saturated rings. The molecule has 0 unspecified atom stereocenters. The molecule has 1 aliphatic heterocycles. The third-order valence-electron chi connectivity index (χ3n) is 4.97. The maximum absolute atomic E-state index is 11.1. The molecule has 0 saturated heterocycles. The van der Waals surface area contributed by atoms with Crippen molar-refractivity contribution in [2.45, 2.75) is 13.3 Å². The number of carboxylic acid groups (broad SMARTS) is 1. The van der Waals surface area contributed by atoms with Gasteiger partial charge in [0, 0.05) is 31.0 Å². The highest BCUT2D eigenvalue weighted by molar-refractivity contribution is 5.74. The maximum atomic E-state index is 11.1.